The van der Waals surface area contributed by atoms with Crippen molar-refractivity contribution < 1.29 is 4.74 Å². The van der Waals surface area contributed by atoms with E-state index in [1.165, 1.54) is 19.3 Å². The van der Waals surface area contributed by atoms with Crippen LogP contribution in [0.3, 0.4) is 0 Å². The Kier molecular flexibility index (Phi) is 5.85. The molecule has 1 fully saturated rings. The molecule has 1 aliphatic heterocycles. The summed E-state index contributed by atoms with van der Waals surface area (Å²) in [5.74, 6) is 0. The van der Waals surface area contributed by atoms with Gasteiger partial charge in [0.1, 0.15) is 0 Å². The zero-order chi connectivity index (χ0) is 6.69. The van der Waals surface area contributed by atoms with Gasteiger partial charge in [-0.05, 0) is 19.3 Å². The number of rotatable bonds is 1. The van der Waals surface area contributed by atoms with Gasteiger partial charge in [0.05, 0.1) is 8.80 Å². The molecule has 0 amide bonds. The van der Waals surface area contributed by atoms with Crippen LogP contribution < -0.4 is 0 Å². The van der Waals surface area contributed by atoms with Gasteiger partial charge in [0, 0.05) is 12.3 Å². The van der Waals surface area contributed by atoms with Crippen LogP contribution >= 0.6 is 0 Å². The normalized spacial score (nSPS) is 26.1. The molecule has 0 aliphatic carbocycles. The van der Waals surface area contributed by atoms with Crippen LogP contribution in [-0.2, 0) is 4.74 Å². The first-order chi connectivity index (χ1) is 4.30. The van der Waals surface area contributed by atoms with Crippen LogP contribution in [0.15, 0.2) is 0 Å². The van der Waals surface area contributed by atoms with Crippen molar-refractivity contribution in [3.63, 3.8) is 0 Å². The summed E-state index contributed by atoms with van der Waals surface area (Å²) in [5, 5.41) is 0. The molecule has 1 aliphatic rings. The molecule has 3 heteroatoms. The summed E-state index contributed by atoms with van der Waals surface area (Å²) in [6, 6.07) is 0. The van der Waals surface area contributed by atoms with E-state index in [4.69, 9.17) is 4.74 Å². The van der Waals surface area contributed by atoms with E-state index in [1.54, 1.807) is 0 Å². The first-order valence-electron chi connectivity index (χ1n) is 3.92. The third-order valence-corrected chi connectivity index (χ3v) is 3.97. The van der Waals surface area contributed by atoms with Gasteiger partial charge in [0.15, 0.2) is 0 Å². The predicted octanol–water partition coefficient (Wildman–Crippen LogP) is 0.933. The molecule has 0 radical (unpaired) electrons. The summed E-state index contributed by atoms with van der Waals surface area (Å²) in [6.07, 6.45) is 4.03. The summed E-state index contributed by atoms with van der Waals surface area (Å²) in [5.41, 5.74) is 0.693. The number of ether oxygens (including phenoxy) is 1. The van der Waals surface area contributed by atoms with Crippen molar-refractivity contribution in [3.05, 3.63) is 0 Å². The summed E-state index contributed by atoms with van der Waals surface area (Å²) >= 11 is 0. The second-order valence-corrected chi connectivity index (χ2v) is 6.38. The molecule has 0 bridgehead atoms. The van der Waals surface area contributed by atoms with Gasteiger partial charge in [-0.1, -0.05) is 13.1 Å². The van der Waals surface area contributed by atoms with Gasteiger partial charge in [-0.15, -0.1) is 0 Å². The van der Waals surface area contributed by atoms with E-state index >= 15 is 0 Å². The molecule has 0 N–H and O–H groups in total. The monoisotopic (exact) mass is 152 g/mol. The Morgan fingerprint density at radius 1 is 1.30 bits per heavy atom. The quantitative estimate of drug-likeness (QED) is 0.508. The number of hydrogen-bond acceptors (Lipinski definition) is 1. The molecule has 1 saturated heterocycles. The van der Waals surface area contributed by atoms with Crippen LogP contribution in [0.25, 0.3) is 0 Å². The van der Waals surface area contributed by atoms with E-state index in [2.05, 4.69) is 13.1 Å². The Balaban J connectivity index is 0.000000810. The molecule has 1 atom stereocenters. The van der Waals surface area contributed by atoms with E-state index in [0.29, 0.717) is 5.73 Å². The Hall–Kier alpha value is 0.774. The minimum atomic E-state index is -0.474. The Morgan fingerprint density at radius 2 is 2.00 bits per heavy atom. The van der Waals surface area contributed by atoms with Crippen LogP contribution in [0.4, 0.5) is 0 Å². The first kappa shape index (κ1) is 10.8. The zero-order valence-electron chi connectivity index (χ0n) is 6.39. The van der Waals surface area contributed by atoms with Crippen LogP contribution in [0, 0.1) is 0 Å². The van der Waals surface area contributed by atoms with Crippen LogP contribution in [0.5, 0.6) is 0 Å². The van der Waals surface area contributed by atoms with Crippen molar-refractivity contribution >= 4 is 27.7 Å². The first-order valence-corrected chi connectivity index (χ1v) is 6.90. The SMILES string of the molecule is C[SiH](C)C1CCCCO1.[LiH]. The van der Waals surface area contributed by atoms with Crippen LogP contribution in [0.2, 0.25) is 13.1 Å². The zero-order valence-corrected chi connectivity index (χ0v) is 7.55. The van der Waals surface area contributed by atoms with Crippen molar-refractivity contribution in [1.82, 2.24) is 0 Å². The van der Waals surface area contributed by atoms with E-state index in [-0.39, 0.29) is 18.9 Å². The Morgan fingerprint density at radius 3 is 2.30 bits per heavy atom. The van der Waals surface area contributed by atoms with Gasteiger partial charge in [-0.2, -0.15) is 0 Å². The fourth-order valence-corrected chi connectivity index (χ4v) is 2.71. The Labute approximate surface area is 77.3 Å². The fraction of sp³-hybridized carbons (Fsp3) is 1.00. The van der Waals surface area contributed by atoms with Crippen molar-refractivity contribution in [1.29, 1.82) is 0 Å². The molecule has 0 spiro atoms. The maximum absolute atomic E-state index is 5.60. The molecular weight excluding hydrogens is 135 g/mol. The summed E-state index contributed by atoms with van der Waals surface area (Å²) in [4.78, 5) is 0. The molecule has 0 aromatic carbocycles. The van der Waals surface area contributed by atoms with Crippen molar-refractivity contribution in [2.24, 2.45) is 0 Å². The maximum atomic E-state index is 5.60. The molecule has 0 aromatic heterocycles. The minimum absolute atomic E-state index is 0. The summed E-state index contributed by atoms with van der Waals surface area (Å²) in [7, 11) is -0.474. The van der Waals surface area contributed by atoms with E-state index in [9.17, 15) is 0 Å². The Bertz CT molecular complexity index is 81.7. The van der Waals surface area contributed by atoms with E-state index in [1.807, 2.05) is 0 Å². The molecule has 56 valence electrons. The van der Waals surface area contributed by atoms with Crippen LogP contribution in [0.1, 0.15) is 19.3 Å². The third kappa shape index (κ3) is 3.25. The predicted molar refractivity (Wildman–Crippen MR) is 49.6 cm³/mol. The average Bonchev–Trinajstić information content (AvgIpc) is 1.90. The second-order valence-electron chi connectivity index (χ2n) is 3.15. The van der Waals surface area contributed by atoms with Crippen molar-refractivity contribution in [2.75, 3.05) is 6.61 Å². The second kappa shape index (κ2) is 5.43. The summed E-state index contributed by atoms with van der Waals surface area (Å²) < 4.78 is 5.60. The van der Waals surface area contributed by atoms with Gasteiger partial charge in [0.2, 0.25) is 0 Å². The molecule has 1 heterocycles. The molecule has 0 saturated carbocycles. The van der Waals surface area contributed by atoms with Gasteiger partial charge in [0.25, 0.3) is 0 Å². The fourth-order valence-electron chi connectivity index (χ4n) is 1.29. The molecule has 10 heavy (non-hydrogen) atoms. The van der Waals surface area contributed by atoms with Crippen LogP contribution in [-0.4, -0.2) is 40.0 Å². The average molecular weight is 152 g/mol. The molecule has 1 unspecified atom stereocenters. The van der Waals surface area contributed by atoms with Crippen molar-refractivity contribution in [3.8, 4) is 0 Å². The molecular formula is C7H17LiOSi. The standard InChI is InChI=1S/C7H16OSi.Li.H/c1-9(2)7-5-3-4-6-8-7;;/h7,9H,3-6H2,1-2H3;;. The third-order valence-electron chi connectivity index (χ3n) is 1.96. The molecule has 1 nitrogen and oxygen atoms in total. The topological polar surface area (TPSA) is 9.23 Å². The molecule has 0 aromatic rings. The van der Waals surface area contributed by atoms with E-state index in [0.717, 1.165) is 6.61 Å². The summed E-state index contributed by atoms with van der Waals surface area (Å²) in [6.45, 7) is 5.77. The van der Waals surface area contributed by atoms with Gasteiger partial charge in [-0.25, -0.2) is 0 Å². The van der Waals surface area contributed by atoms with E-state index < -0.39 is 8.80 Å². The van der Waals surface area contributed by atoms with Gasteiger partial charge >= 0.3 is 18.9 Å². The molecule has 1 rings (SSSR count). The van der Waals surface area contributed by atoms with Gasteiger partial charge in [-0.3, -0.25) is 0 Å². The van der Waals surface area contributed by atoms with Gasteiger partial charge < -0.3 is 4.74 Å². The number of hydrogen-bond donors (Lipinski definition) is 0. The van der Waals surface area contributed by atoms with Crippen molar-refractivity contribution in [2.45, 2.75) is 38.1 Å².